The second-order valence-corrected chi connectivity index (χ2v) is 5.17. The smallest absolute Gasteiger partial charge is 0.271 e. The zero-order chi connectivity index (χ0) is 13.5. The fourth-order valence-electron chi connectivity index (χ4n) is 1.44. The van der Waals surface area contributed by atoms with Crippen LogP contribution >= 0.6 is 15.9 Å². The van der Waals surface area contributed by atoms with Crippen molar-refractivity contribution in [2.24, 2.45) is 5.92 Å². The predicted octanol–water partition coefficient (Wildman–Crippen LogP) is 2.64. The molecule has 1 aromatic heterocycles. The Hall–Kier alpha value is -0.940. The fourth-order valence-corrected chi connectivity index (χ4v) is 1.87. The van der Waals surface area contributed by atoms with E-state index in [0.717, 1.165) is 0 Å². The van der Waals surface area contributed by atoms with E-state index in [1.807, 2.05) is 6.92 Å². The van der Waals surface area contributed by atoms with Crippen molar-refractivity contribution >= 4 is 21.8 Å². The third-order valence-electron chi connectivity index (χ3n) is 2.60. The maximum absolute atomic E-state index is 12.1. The first kappa shape index (κ1) is 15.1. The summed E-state index contributed by atoms with van der Waals surface area (Å²) in [6.45, 7) is 7.21. The van der Waals surface area contributed by atoms with Gasteiger partial charge in [0.25, 0.3) is 5.91 Å². The molecule has 0 aliphatic heterocycles. The Morgan fingerprint density at radius 2 is 2.28 bits per heavy atom. The third kappa shape index (κ3) is 4.38. The normalized spacial score (nSPS) is 12.5. The number of pyridine rings is 1. The number of ether oxygens (including phenoxy) is 1. The molecule has 1 unspecified atom stereocenters. The molecular formula is C13H19BrN2O2. The molecule has 18 heavy (non-hydrogen) atoms. The molecule has 1 heterocycles. The number of halogens is 1. The molecule has 0 fully saturated rings. The van der Waals surface area contributed by atoms with Gasteiger partial charge in [-0.3, -0.25) is 4.79 Å². The van der Waals surface area contributed by atoms with Crippen molar-refractivity contribution in [2.75, 3.05) is 13.2 Å². The van der Waals surface area contributed by atoms with Gasteiger partial charge in [-0.05, 0) is 40.9 Å². The maximum atomic E-state index is 12.1. The molecule has 0 bridgehead atoms. The Kier molecular flexibility index (Phi) is 6.29. The lowest BCUT2D eigenvalue weighted by Gasteiger charge is -2.22. The highest BCUT2D eigenvalue weighted by Crippen LogP contribution is 2.13. The molecule has 1 N–H and O–H groups in total. The standard InChI is InChI=1S/C13H19BrN2O2/c1-4-18-8-11(9(2)3)16-13(17)12-10(14)6-5-7-15-12/h5-7,9,11H,4,8H2,1-3H3,(H,16,17). The average molecular weight is 315 g/mol. The SMILES string of the molecule is CCOCC(NC(=O)c1ncccc1Br)C(C)C. The van der Waals surface area contributed by atoms with Crippen LogP contribution in [0.4, 0.5) is 0 Å². The third-order valence-corrected chi connectivity index (χ3v) is 3.24. The van der Waals surface area contributed by atoms with E-state index in [-0.39, 0.29) is 11.9 Å². The van der Waals surface area contributed by atoms with Crippen molar-refractivity contribution in [1.82, 2.24) is 10.3 Å². The van der Waals surface area contributed by atoms with Crippen molar-refractivity contribution < 1.29 is 9.53 Å². The molecular weight excluding hydrogens is 296 g/mol. The first-order chi connectivity index (χ1) is 8.56. The largest absolute Gasteiger partial charge is 0.380 e. The lowest BCUT2D eigenvalue weighted by Crippen LogP contribution is -2.42. The second kappa shape index (κ2) is 7.48. The van der Waals surface area contributed by atoms with E-state index in [4.69, 9.17) is 4.74 Å². The first-order valence-electron chi connectivity index (χ1n) is 6.05. The summed E-state index contributed by atoms with van der Waals surface area (Å²) in [7, 11) is 0. The fraction of sp³-hybridized carbons (Fsp3) is 0.538. The van der Waals surface area contributed by atoms with E-state index in [1.165, 1.54) is 0 Å². The van der Waals surface area contributed by atoms with Gasteiger partial charge in [0.2, 0.25) is 0 Å². The lowest BCUT2D eigenvalue weighted by molar-refractivity contribution is 0.0801. The van der Waals surface area contributed by atoms with Crippen LogP contribution in [0.15, 0.2) is 22.8 Å². The zero-order valence-electron chi connectivity index (χ0n) is 10.9. The number of aromatic nitrogens is 1. The number of nitrogens with zero attached hydrogens (tertiary/aromatic N) is 1. The highest BCUT2D eigenvalue weighted by molar-refractivity contribution is 9.10. The maximum Gasteiger partial charge on any atom is 0.271 e. The van der Waals surface area contributed by atoms with E-state index in [1.54, 1.807) is 18.3 Å². The number of amides is 1. The Labute approximate surface area is 116 Å². The summed E-state index contributed by atoms with van der Waals surface area (Å²) in [4.78, 5) is 16.2. The molecule has 1 rings (SSSR count). The van der Waals surface area contributed by atoms with Crippen molar-refractivity contribution in [2.45, 2.75) is 26.8 Å². The molecule has 5 heteroatoms. The van der Waals surface area contributed by atoms with Crippen LogP contribution in [0, 0.1) is 5.92 Å². The van der Waals surface area contributed by atoms with E-state index in [9.17, 15) is 4.79 Å². The summed E-state index contributed by atoms with van der Waals surface area (Å²) < 4.78 is 6.07. The van der Waals surface area contributed by atoms with Crippen LogP contribution < -0.4 is 5.32 Å². The molecule has 0 aromatic carbocycles. The minimum absolute atomic E-state index is 0.00800. The molecule has 0 spiro atoms. The van der Waals surface area contributed by atoms with Crippen molar-refractivity contribution in [3.8, 4) is 0 Å². The Morgan fingerprint density at radius 1 is 1.56 bits per heavy atom. The van der Waals surface area contributed by atoms with Crippen LogP contribution in [0.25, 0.3) is 0 Å². The summed E-state index contributed by atoms with van der Waals surface area (Å²) in [6.07, 6.45) is 1.60. The summed E-state index contributed by atoms with van der Waals surface area (Å²) >= 11 is 3.32. The van der Waals surface area contributed by atoms with Gasteiger partial charge in [0.1, 0.15) is 5.69 Å². The molecule has 0 aliphatic rings. The van der Waals surface area contributed by atoms with Crippen LogP contribution in [0.2, 0.25) is 0 Å². The molecule has 0 saturated heterocycles. The lowest BCUT2D eigenvalue weighted by atomic mass is 10.1. The minimum Gasteiger partial charge on any atom is -0.380 e. The van der Waals surface area contributed by atoms with Gasteiger partial charge in [-0.25, -0.2) is 4.98 Å². The minimum atomic E-state index is -0.180. The van der Waals surface area contributed by atoms with Gasteiger partial charge >= 0.3 is 0 Å². The number of carbonyl (C=O) groups excluding carboxylic acids is 1. The summed E-state index contributed by atoms with van der Waals surface area (Å²) in [6, 6.07) is 3.57. The zero-order valence-corrected chi connectivity index (χ0v) is 12.5. The predicted molar refractivity (Wildman–Crippen MR) is 74.5 cm³/mol. The molecule has 1 aromatic rings. The van der Waals surface area contributed by atoms with Gasteiger partial charge in [-0.15, -0.1) is 0 Å². The van der Waals surface area contributed by atoms with Crippen LogP contribution in [0.3, 0.4) is 0 Å². The van der Waals surface area contributed by atoms with E-state index in [2.05, 4.69) is 40.1 Å². The summed E-state index contributed by atoms with van der Waals surface area (Å²) in [5, 5.41) is 2.95. The van der Waals surface area contributed by atoms with Gasteiger partial charge in [-0.1, -0.05) is 13.8 Å². The van der Waals surface area contributed by atoms with E-state index < -0.39 is 0 Å². The molecule has 0 radical (unpaired) electrons. The van der Waals surface area contributed by atoms with Crippen LogP contribution in [-0.2, 0) is 4.74 Å². The topological polar surface area (TPSA) is 51.2 Å². The number of hydrogen-bond donors (Lipinski definition) is 1. The van der Waals surface area contributed by atoms with Crippen LogP contribution in [0.5, 0.6) is 0 Å². The van der Waals surface area contributed by atoms with Crippen molar-refractivity contribution in [1.29, 1.82) is 0 Å². The highest BCUT2D eigenvalue weighted by Gasteiger charge is 2.19. The quantitative estimate of drug-likeness (QED) is 0.878. The summed E-state index contributed by atoms with van der Waals surface area (Å²) in [5.74, 6) is 0.129. The molecule has 0 aliphatic carbocycles. The first-order valence-corrected chi connectivity index (χ1v) is 6.84. The number of hydrogen-bond acceptors (Lipinski definition) is 3. The Morgan fingerprint density at radius 3 is 2.83 bits per heavy atom. The number of carbonyl (C=O) groups is 1. The van der Waals surface area contributed by atoms with Gasteiger partial charge in [0, 0.05) is 17.3 Å². The Balaban J connectivity index is 2.69. The Bertz CT molecular complexity index is 396. The number of nitrogens with one attached hydrogen (secondary N) is 1. The molecule has 4 nitrogen and oxygen atoms in total. The molecule has 0 saturated carbocycles. The van der Waals surface area contributed by atoms with E-state index >= 15 is 0 Å². The molecule has 100 valence electrons. The van der Waals surface area contributed by atoms with Crippen molar-refractivity contribution in [3.63, 3.8) is 0 Å². The monoisotopic (exact) mass is 314 g/mol. The second-order valence-electron chi connectivity index (χ2n) is 4.32. The van der Waals surface area contributed by atoms with Crippen LogP contribution in [-0.4, -0.2) is 30.1 Å². The molecule has 1 amide bonds. The van der Waals surface area contributed by atoms with Gasteiger partial charge < -0.3 is 10.1 Å². The van der Waals surface area contributed by atoms with Gasteiger partial charge in [-0.2, -0.15) is 0 Å². The number of rotatable bonds is 6. The van der Waals surface area contributed by atoms with Crippen molar-refractivity contribution in [3.05, 3.63) is 28.5 Å². The van der Waals surface area contributed by atoms with Gasteiger partial charge in [0.15, 0.2) is 0 Å². The van der Waals surface area contributed by atoms with Crippen LogP contribution in [0.1, 0.15) is 31.3 Å². The average Bonchev–Trinajstić information content (AvgIpc) is 2.34. The van der Waals surface area contributed by atoms with Gasteiger partial charge in [0.05, 0.1) is 12.6 Å². The van der Waals surface area contributed by atoms with E-state index in [0.29, 0.717) is 29.3 Å². The molecule has 1 atom stereocenters. The highest BCUT2D eigenvalue weighted by atomic mass is 79.9. The summed E-state index contributed by atoms with van der Waals surface area (Å²) in [5.41, 5.74) is 0.402.